The lowest BCUT2D eigenvalue weighted by atomic mass is 10.1. The number of carbonyl (C=O) groups is 2. The van der Waals surface area contributed by atoms with E-state index in [4.69, 9.17) is 19.3 Å². The number of rotatable bonds is 5. The van der Waals surface area contributed by atoms with Crippen LogP contribution in [0, 0.1) is 12.3 Å². The third kappa shape index (κ3) is 4.26. The van der Waals surface area contributed by atoms with Gasteiger partial charge in [-0.25, -0.2) is 4.79 Å². The van der Waals surface area contributed by atoms with Crippen molar-refractivity contribution in [3.8, 4) is 11.5 Å². The van der Waals surface area contributed by atoms with Crippen LogP contribution in [0.25, 0.3) is 6.08 Å². The number of aliphatic imine (C=N–C) groups is 1. The molecule has 0 saturated carbocycles. The van der Waals surface area contributed by atoms with Gasteiger partial charge in [-0.2, -0.15) is 15.1 Å². The zero-order valence-electron chi connectivity index (χ0n) is 18.6. The van der Waals surface area contributed by atoms with Gasteiger partial charge in [0.25, 0.3) is 5.91 Å². The second kappa shape index (κ2) is 9.07. The van der Waals surface area contributed by atoms with Gasteiger partial charge in [-0.1, -0.05) is 30.3 Å². The number of esters is 1. The van der Waals surface area contributed by atoms with Crippen LogP contribution in [0.15, 0.2) is 80.9 Å². The van der Waals surface area contributed by atoms with E-state index in [9.17, 15) is 9.59 Å². The molecule has 1 N–H and O–H groups in total. The summed E-state index contributed by atoms with van der Waals surface area (Å²) in [4.78, 5) is 29.1. The number of thioether (sulfide) groups is 1. The summed E-state index contributed by atoms with van der Waals surface area (Å²) in [5.74, 6) is -0.771. The van der Waals surface area contributed by atoms with Gasteiger partial charge in [0.15, 0.2) is 17.3 Å². The number of fused-ring (bicyclic) bond motifs is 1. The number of furan rings is 1. The highest BCUT2D eigenvalue weighted by atomic mass is 32.2. The maximum absolute atomic E-state index is 12.8. The van der Waals surface area contributed by atoms with Crippen molar-refractivity contribution in [3.63, 3.8) is 0 Å². The molecule has 174 valence electrons. The van der Waals surface area contributed by atoms with Crippen LogP contribution in [0.2, 0.25) is 0 Å². The monoisotopic (exact) mass is 486 g/mol. The zero-order chi connectivity index (χ0) is 24.5. The molecular formula is C25H18N4O5S. The average Bonchev–Trinajstić information content (AvgIpc) is 3.53. The quantitative estimate of drug-likeness (QED) is 0.321. The van der Waals surface area contributed by atoms with Crippen LogP contribution < -0.4 is 9.47 Å². The second-order valence-corrected chi connectivity index (χ2v) is 8.47. The summed E-state index contributed by atoms with van der Waals surface area (Å²) in [6.07, 6.45) is 2.90. The van der Waals surface area contributed by atoms with Crippen molar-refractivity contribution in [3.05, 3.63) is 88.9 Å². The number of methoxy groups -OCH3 is 1. The maximum atomic E-state index is 12.8. The Bertz CT molecular complexity index is 1460. The van der Waals surface area contributed by atoms with Gasteiger partial charge in [0, 0.05) is 5.56 Å². The third-order valence-electron chi connectivity index (χ3n) is 5.25. The molecule has 5 rings (SSSR count). The topological polar surface area (TPSA) is 118 Å². The Kier molecular flexibility index (Phi) is 5.79. The van der Waals surface area contributed by atoms with Gasteiger partial charge in [-0.05, 0) is 60.2 Å². The number of carbonyl (C=O) groups excluding carboxylic acids is 2. The summed E-state index contributed by atoms with van der Waals surface area (Å²) in [6, 6.07) is 15.6. The number of ether oxygens (including phenoxy) is 2. The smallest absolute Gasteiger partial charge is 0.379 e. The molecule has 2 aliphatic heterocycles. The van der Waals surface area contributed by atoms with E-state index < -0.39 is 11.9 Å². The molecule has 3 heterocycles. The Hall–Kier alpha value is -4.44. The Morgan fingerprint density at radius 1 is 1.14 bits per heavy atom. The van der Waals surface area contributed by atoms with E-state index in [1.165, 1.54) is 48.4 Å². The molecule has 0 saturated heterocycles. The molecular weight excluding hydrogens is 468 g/mol. The highest BCUT2D eigenvalue weighted by Gasteiger charge is 2.36. The number of amidine groups is 2. The molecule has 0 spiro atoms. The average molecular weight is 487 g/mol. The van der Waals surface area contributed by atoms with E-state index in [0.29, 0.717) is 15.8 Å². The summed E-state index contributed by atoms with van der Waals surface area (Å²) in [5, 5.41) is 15.5. The van der Waals surface area contributed by atoms with Crippen molar-refractivity contribution in [2.75, 3.05) is 7.11 Å². The van der Waals surface area contributed by atoms with Crippen molar-refractivity contribution in [2.24, 2.45) is 10.1 Å². The van der Waals surface area contributed by atoms with Gasteiger partial charge >= 0.3 is 5.97 Å². The molecule has 3 aromatic rings. The fourth-order valence-electron chi connectivity index (χ4n) is 3.48. The van der Waals surface area contributed by atoms with Gasteiger partial charge in [-0.3, -0.25) is 10.2 Å². The SMILES string of the molecule is COc1cc(/C=C2/C(=N)N3N=C(c4ccccc4C)SC3=NC2=O)ccc1OC(=O)c1ccco1. The minimum absolute atomic E-state index is 0.0577. The van der Waals surface area contributed by atoms with Crippen LogP contribution in [-0.4, -0.2) is 40.0 Å². The Morgan fingerprint density at radius 3 is 2.71 bits per heavy atom. The molecule has 0 radical (unpaired) electrons. The largest absolute Gasteiger partial charge is 0.493 e. The van der Waals surface area contributed by atoms with Crippen LogP contribution in [0.3, 0.4) is 0 Å². The molecule has 0 atom stereocenters. The molecule has 1 amide bonds. The number of amides is 1. The van der Waals surface area contributed by atoms with Crippen LogP contribution in [0.4, 0.5) is 0 Å². The predicted octanol–water partition coefficient (Wildman–Crippen LogP) is 4.48. The van der Waals surface area contributed by atoms with E-state index in [0.717, 1.165) is 11.1 Å². The first-order valence-electron chi connectivity index (χ1n) is 10.4. The first kappa shape index (κ1) is 22.4. The van der Waals surface area contributed by atoms with E-state index in [-0.39, 0.29) is 28.7 Å². The Labute approximate surface area is 204 Å². The maximum Gasteiger partial charge on any atom is 0.379 e. The molecule has 9 nitrogen and oxygen atoms in total. The number of hydrogen-bond donors (Lipinski definition) is 1. The molecule has 10 heteroatoms. The number of aryl methyl sites for hydroxylation is 1. The highest BCUT2D eigenvalue weighted by molar-refractivity contribution is 8.27. The molecule has 2 aromatic carbocycles. The lowest BCUT2D eigenvalue weighted by Gasteiger charge is -2.20. The summed E-state index contributed by atoms with van der Waals surface area (Å²) >= 11 is 1.25. The lowest BCUT2D eigenvalue weighted by Crippen LogP contribution is -2.35. The van der Waals surface area contributed by atoms with E-state index in [2.05, 4.69) is 10.1 Å². The van der Waals surface area contributed by atoms with Crippen LogP contribution in [0.5, 0.6) is 11.5 Å². The number of nitrogens with zero attached hydrogens (tertiary/aromatic N) is 3. The molecule has 0 bridgehead atoms. The molecule has 2 aliphatic rings. The zero-order valence-corrected chi connectivity index (χ0v) is 19.5. The first-order chi connectivity index (χ1) is 16.9. The number of hydrogen-bond acceptors (Lipinski definition) is 8. The molecule has 0 unspecified atom stereocenters. The van der Waals surface area contributed by atoms with E-state index in [1.807, 2.05) is 31.2 Å². The fraction of sp³-hybridized carbons (Fsp3) is 0.0800. The Morgan fingerprint density at radius 2 is 1.97 bits per heavy atom. The minimum Gasteiger partial charge on any atom is -0.493 e. The van der Waals surface area contributed by atoms with Crippen molar-refractivity contribution >= 4 is 45.8 Å². The number of hydrazone groups is 1. The summed E-state index contributed by atoms with van der Waals surface area (Å²) in [7, 11) is 1.43. The number of nitrogens with one attached hydrogen (secondary N) is 1. The standard InChI is InChI=1S/C25H18N4O5S/c1-14-6-3-4-7-16(14)23-28-29-21(26)17(22(30)27-25(29)35-23)12-15-9-10-18(20(13-15)32-2)34-24(31)19-8-5-11-33-19/h3-13,26H,1-2H3/b17-12-,26-21?. The van der Waals surface area contributed by atoms with Gasteiger partial charge in [0.05, 0.1) is 18.9 Å². The molecule has 1 aromatic heterocycles. The van der Waals surface area contributed by atoms with Gasteiger partial charge < -0.3 is 13.9 Å². The van der Waals surface area contributed by atoms with Gasteiger partial charge in [0.2, 0.25) is 10.9 Å². The van der Waals surface area contributed by atoms with Crippen molar-refractivity contribution in [2.45, 2.75) is 6.92 Å². The summed E-state index contributed by atoms with van der Waals surface area (Å²) < 4.78 is 15.8. The molecule has 0 aliphatic carbocycles. The van der Waals surface area contributed by atoms with Gasteiger partial charge in [0.1, 0.15) is 5.04 Å². The minimum atomic E-state index is -0.667. The normalized spacial score (nSPS) is 16.2. The predicted molar refractivity (Wildman–Crippen MR) is 132 cm³/mol. The lowest BCUT2D eigenvalue weighted by molar-refractivity contribution is -0.114. The molecule has 0 fully saturated rings. The Balaban J connectivity index is 1.42. The van der Waals surface area contributed by atoms with Crippen LogP contribution >= 0.6 is 11.8 Å². The first-order valence-corrected chi connectivity index (χ1v) is 11.3. The third-order valence-corrected chi connectivity index (χ3v) is 6.20. The summed E-state index contributed by atoms with van der Waals surface area (Å²) in [6.45, 7) is 1.97. The van der Waals surface area contributed by atoms with Crippen molar-refractivity contribution in [1.82, 2.24) is 5.01 Å². The highest BCUT2D eigenvalue weighted by Crippen LogP contribution is 2.33. The fourth-order valence-corrected chi connectivity index (χ4v) is 4.47. The second-order valence-electron chi connectivity index (χ2n) is 7.52. The molecule has 35 heavy (non-hydrogen) atoms. The van der Waals surface area contributed by atoms with Crippen LogP contribution in [0.1, 0.15) is 27.2 Å². The van der Waals surface area contributed by atoms with Gasteiger partial charge in [-0.15, -0.1) is 0 Å². The number of benzene rings is 2. The van der Waals surface area contributed by atoms with Crippen LogP contribution in [-0.2, 0) is 4.79 Å². The summed E-state index contributed by atoms with van der Waals surface area (Å²) in [5.41, 5.74) is 2.59. The van der Waals surface area contributed by atoms with Crippen molar-refractivity contribution in [1.29, 1.82) is 5.41 Å². The van der Waals surface area contributed by atoms with Crippen molar-refractivity contribution < 1.29 is 23.5 Å². The van der Waals surface area contributed by atoms with E-state index in [1.54, 1.807) is 18.2 Å². The van der Waals surface area contributed by atoms with E-state index >= 15 is 0 Å².